The number of pyridine rings is 1. The van der Waals surface area contributed by atoms with Gasteiger partial charge in [0, 0.05) is 18.3 Å². The zero-order chi connectivity index (χ0) is 18.8. The lowest BCUT2D eigenvalue weighted by molar-refractivity contribution is 0.475. The van der Waals surface area contributed by atoms with Crippen LogP contribution in [0.3, 0.4) is 0 Å². The SMILES string of the molecule is CC.CNCCC(c1ccc(O)cc1)c1ccc(-c2ccncc2)cc1. The number of aromatic hydroxyl groups is 1. The predicted molar refractivity (Wildman–Crippen MR) is 110 cm³/mol. The van der Waals surface area contributed by atoms with E-state index in [1.807, 2.05) is 57.6 Å². The van der Waals surface area contributed by atoms with E-state index in [4.69, 9.17) is 0 Å². The molecule has 1 heterocycles. The van der Waals surface area contributed by atoms with Crippen molar-refractivity contribution in [3.05, 3.63) is 84.2 Å². The van der Waals surface area contributed by atoms with Crippen molar-refractivity contribution in [2.24, 2.45) is 0 Å². The van der Waals surface area contributed by atoms with Gasteiger partial charge in [0.15, 0.2) is 0 Å². The first-order chi connectivity index (χ1) is 12.8. The highest BCUT2D eigenvalue weighted by Crippen LogP contribution is 2.30. The van der Waals surface area contributed by atoms with Crippen LogP contribution in [-0.4, -0.2) is 23.7 Å². The van der Waals surface area contributed by atoms with E-state index in [9.17, 15) is 5.11 Å². The molecule has 136 valence electrons. The molecule has 0 aliphatic carbocycles. The highest BCUT2D eigenvalue weighted by Gasteiger charge is 2.14. The molecule has 0 saturated carbocycles. The molecule has 0 saturated heterocycles. The zero-order valence-electron chi connectivity index (χ0n) is 15.8. The van der Waals surface area contributed by atoms with Gasteiger partial charge in [-0.25, -0.2) is 0 Å². The fourth-order valence-corrected chi connectivity index (χ4v) is 2.97. The summed E-state index contributed by atoms with van der Waals surface area (Å²) in [7, 11) is 1.97. The molecule has 2 N–H and O–H groups in total. The standard InChI is InChI=1S/C21H22N2O.C2H6/c1-22-13-12-21(19-6-8-20(24)9-7-19)18-4-2-16(3-5-18)17-10-14-23-15-11-17;1-2/h2-11,14-15,21-22,24H,12-13H2,1H3;1-2H3. The lowest BCUT2D eigenvalue weighted by Crippen LogP contribution is -2.13. The normalized spacial score (nSPS) is 11.3. The van der Waals surface area contributed by atoms with Gasteiger partial charge >= 0.3 is 0 Å². The van der Waals surface area contributed by atoms with Crippen LogP contribution in [-0.2, 0) is 0 Å². The number of nitrogens with zero attached hydrogens (tertiary/aromatic N) is 1. The second-order valence-corrected chi connectivity index (χ2v) is 5.89. The van der Waals surface area contributed by atoms with Crippen LogP contribution < -0.4 is 5.32 Å². The Bertz CT molecular complexity index is 752. The summed E-state index contributed by atoms with van der Waals surface area (Å²) in [5.74, 6) is 0.615. The average Bonchev–Trinajstić information content (AvgIpc) is 2.72. The Morgan fingerprint density at radius 1 is 0.808 bits per heavy atom. The van der Waals surface area contributed by atoms with Crippen LogP contribution in [0.4, 0.5) is 0 Å². The number of phenolic OH excluding ortho intramolecular Hbond substituents is 1. The lowest BCUT2D eigenvalue weighted by Gasteiger charge is -2.18. The molecule has 0 amide bonds. The van der Waals surface area contributed by atoms with Crippen molar-refractivity contribution in [2.45, 2.75) is 26.2 Å². The monoisotopic (exact) mass is 348 g/mol. The molecule has 3 nitrogen and oxygen atoms in total. The third-order valence-electron chi connectivity index (χ3n) is 4.31. The molecule has 0 aliphatic rings. The Hall–Kier alpha value is -2.65. The van der Waals surface area contributed by atoms with Gasteiger partial charge in [-0.05, 0) is 66.5 Å². The molecule has 1 unspecified atom stereocenters. The zero-order valence-corrected chi connectivity index (χ0v) is 15.8. The van der Waals surface area contributed by atoms with Gasteiger partial charge in [0.25, 0.3) is 0 Å². The van der Waals surface area contributed by atoms with E-state index in [1.165, 1.54) is 22.3 Å². The van der Waals surface area contributed by atoms with Gasteiger partial charge < -0.3 is 10.4 Å². The number of phenols is 1. The number of aromatic nitrogens is 1. The molecule has 0 spiro atoms. The largest absolute Gasteiger partial charge is 0.508 e. The highest BCUT2D eigenvalue weighted by atomic mass is 16.3. The Morgan fingerprint density at radius 3 is 1.85 bits per heavy atom. The number of benzene rings is 2. The van der Waals surface area contributed by atoms with E-state index in [1.54, 1.807) is 12.1 Å². The summed E-state index contributed by atoms with van der Waals surface area (Å²) in [4.78, 5) is 4.07. The highest BCUT2D eigenvalue weighted by molar-refractivity contribution is 5.63. The van der Waals surface area contributed by atoms with Crippen LogP contribution in [0.1, 0.15) is 37.3 Å². The fourth-order valence-electron chi connectivity index (χ4n) is 2.97. The molecule has 26 heavy (non-hydrogen) atoms. The van der Waals surface area contributed by atoms with Crippen LogP contribution >= 0.6 is 0 Å². The summed E-state index contributed by atoms with van der Waals surface area (Å²) in [6.07, 6.45) is 4.64. The maximum atomic E-state index is 9.53. The summed E-state index contributed by atoms with van der Waals surface area (Å²) in [5.41, 5.74) is 4.88. The number of hydrogen-bond donors (Lipinski definition) is 2. The third-order valence-corrected chi connectivity index (χ3v) is 4.31. The third kappa shape index (κ3) is 5.17. The van der Waals surface area contributed by atoms with Crippen LogP contribution in [0, 0.1) is 0 Å². The second-order valence-electron chi connectivity index (χ2n) is 5.89. The maximum Gasteiger partial charge on any atom is 0.115 e. The predicted octanol–water partition coefficient (Wildman–Crippen LogP) is 5.22. The molecular formula is C23H28N2O. The minimum Gasteiger partial charge on any atom is -0.508 e. The van der Waals surface area contributed by atoms with Crippen LogP contribution in [0.2, 0.25) is 0 Å². The van der Waals surface area contributed by atoms with E-state index in [0.717, 1.165) is 13.0 Å². The van der Waals surface area contributed by atoms with Crippen LogP contribution in [0.5, 0.6) is 5.75 Å². The van der Waals surface area contributed by atoms with Gasteiger partial charge in [0.2, 0.25) is 0 Å². The van der Waals surface area contributed by atoms with Gasteiger partial charge in [-0.2, -0.15) is 0 Å². The van der Waals surface area contributed by atoms with Gasteiger partial charge in [-0.15, -0.1) is 0 Å². The second kappa shape index (κ2) is 10.4. The molecular weight excluding hydrogens is 320 g/mol. The smallest absolute Gasteiger partial charge is 0.115 e. The summed E-state index contributed by atoms with van der Waals surface area (Å²) >= 11 is 0. The van der Waals surface area contributed by atoms with E-state index >= 15 is 0 Å². The first-order valence-electron chi connectivity index (χ1n) is 9.22. The van der Waals surface area contributed by atoms with Gasteiger partial charge in [0.05, 0.1) is 0 Å². The molecule has 3 rings (SSSR count). The molecule has 3 aromatic rings. The Morgan fingerprint density at radius 2 is 1.31 bits per heavy atom. The lowest BCUT2D eigenvalue weighted by atomic mass is 9.87. The van der Waals surface area contributed by atoms with Gasteiger partial charge in [0.1, 0.15) is 5.75 Å². The van der Waals surface area contributed by atoms with Crippen LogP contribution in [0.15, 0.2) is 73.1 Å². The molecule has 1 atom stereocenters. The van der Waals surface area contributed by atoms with Gasteiger partial charge in [-0.1, -0.05) is 50.2 Å². The molecule has 3 heteroatoms. The first kappa shape index (κ1) is 19.7. The number of hydrogen-bond acceptors (Lipinski definition) is 3. The number of nitrogens with one attached hydrogen (secondary N) is 1. The molecule has 0 bridgehead atoms. The summed E-state index contributed by atoms with van der Waals surface area (Å²) < 4.78 is 0. The quantitative estimate of drug-likeness (QED) is 0.642. The van der Waals surface area contributed by atoms with E-state index in [0.29, 0.717) is 11.7 Å². The maximum absolute atomic E-state index is 9.53. The summed E-state index contributed by atoms with van der Waals surface area (Å²) in [5, 5.41) is 12.8. The molecule has 1 aromatic heterocycles. The topological polar surface area (TPSA) is 45.1 Å². The average molecular weight is 348 g/mol. The fraction of sp³-hybridized carbons (Fsp3) is 0.261. The number of rotatable bonds is 6. The molecule has 2 aromatic carbocycles. The van der Waals surface area contributed by atoms with Crippen molar-refractivity contribution in [3.8, 4) is 16.9 Å². The van der Waals surface area contributed by atoms with Crippen molar-refractivity contribution in [2.75, 3.05) is 13.6 Å². The van der Waals surface area contributed by atoms with Crippen molar-refractivity contribution in [3.63, 3.8) is 0 Å². The molecule has 0 fully saturated rings. The van der Waals surface area contributed by atoms with E-state index < -0.39 is 0 Å². The van der Waals surface area contributed by atoms with Crippen molar-refractivity contribution < 1.29 is 5.11 Å². The molecule has 0 aliphatic heterocycles. The Balaban J connectivity index is 0.00000117. The minimum atomic E-state index is 0.305. The molecule has 0 radical (unpaired) electrons. The van der Waals surface area contributed by atoms with E-state index in [2.05, 4.69) is 34.6 Å². The van der Waals surface area contributed by atoms with Crippen molar-refractivity contribution in [1.82, 2.24) is 10.3 Å². The van der Waals surface area contributed by atoms with Crippen LogP contribution in [0.25, 0.3) is 11.1 Å². The van der Waals surface area contributed by atoms with Gasteiger partial charge in [-0.3, -0.25) is 4.98 Å². The van der Waals surface area contributed by atoms with E-state index in [-0.39, 0.29) is 0 Å². The van der Waals surface area contributed by atoms with Crippen molar-refractivity contribution in [1.29, 1.82) is 0 Å². The minimum absolute atomic E-state index is 0.305. The van der Waals surface area contributed by atoms with Crippen molar-refractivity contribution >= 4 is 0 Å². The summed E-state index contributed by atoms with van der Waals surface area (Å²) in [6.45, 7) is 4.94. The Kier molecular flexibility index (Phi) is 7.84. The Labute approximate surface area is 156 Å². The first-order valence-corrected chi connectivity index (χ1v) is 9.22. The summed E-state index contributed by atoms with van der Waals surface area (Å²) in [6, 6.07) is 20.3.